The summed E-state index contributed by atoms with van der Waals surface area (Å²) in [7, 11) is 0. The molecular formula is C30H25FN2O2S2. The molecule has 0 N–H and O–H groups in total. The fourth-order valence-corrected chi connectivity index (χ4v) is 5.98. The van der Waals surface area contributed by atoms with Gasteiger partial charge in [0.15, 0.2) is 10.9 Å². The molecule has 0 atom stereocenters. The molecule has 3 aromatic carbocycles. The minimum atomic E-state index is -0.334. The molecule has 4 nitrogen and oxygen atoms in total. The van der Waals surface area contributed by atoms with Crippen LogP contribution in [-0.2, 0) is 5.41 Å². The highest BCUT2D eigenvalue weighted by Gasteiger charge is 2.20. The third-order valence-electron chi connectivity index (χ3n) is 6.15. The van der Waals surface area contributed by atoms with Gasteiger partial charge in [0, 0.05) is 16.5 Å². The molecule has 0 aliphatic heterocycles. The number of thioether (sulfide) groups is 1. The number of Topliss-reactive ketones (excluding diaryl/α,β-unsaturated/α-hetero) is 1. The van der Waals surface area contributed by atoms with E-state index in [4.69, 9.17) is 4.98 Å². The lowest BCUT2D eigenvalue weighted by Crippen LogP contribution is -2.22. The van der Waals surface area contributed by atoms with Crippen LogP contribution in [-0.4, -0.2) is 21.1 Å². The number of benzene rings is 3. The Morgan fingerprint density at radius 1 is 0.973 bits per heavy atom. The molecule has 5 rings (SSSR count). The second-order valence-electron chi connectivity index (χ2n) is 9.75. The highest BCUT2D eigenvalue weighted by atomic mass is 32.2. The average Bonchev–Trinajstić information content (AvgIpc) is 3.32. The topological polar surface area (TPSA) is 52.0 Å². The molecule has 0 spiro atoms. The van der Waals surface area contributed by atoms with Crippen LogP contribution in [0.1, 0.15) is 36.7 Å². The van der Waals surface area contributed by atoms with E-state index in [9.17, 15) is 14.0 Å². The molecule has 186 valence electrons. The summed E-state index contributed by atoms with van der Waals surface area (Å²) in [5.41, 5.74) is 3.72. The number of aromatic nitrogens is 2. The molecule has 0 aliphatic rings. The molecular weight excluding hydrogens is 503 g/mol. The molecule has 0 amide bonds. The van der Waals surface area contributed by atoms with Crippen LogP contribution in [0.25, 0.3) is 27.0 Å². The fourth-order valence-electron chi connectivity index (χ4n) is 4.09. The normalized spacial score (nSPS) is 11.7. The van der Waals surface area contributed by atoms with Crippen molar-refractivity contribution in [3.63, 3.8) is 0 Å². The summed E-state index contributed by atoms with van der Waals surface area (Å²) in [5, 5.41) is 2.81. The van der Waals surface area contributed by atoms with Crippen LogP contribution < -0.4 is 5.56 Å². The van der Waals surface area contributed by atoms with Crippen molar-refractivity contribution < 1.29 is 9.18 Å². The number of nitrogens with zero attached hydrogens (tertiary/aromatic N) is 2. The van der Waals surface area contributed by atoms with Gasteiger partial charge in [-0.25, -0.2) is 9.37 Å². The Kier molecular flexibility index (Phi) is 6.84. The zero-order valence-corrected chi connectivity index (χ0v) is 22.3. The van der Waals surface area contributed by atoms with Gasteiger partial charge in [-0.1, -0.05) is 87.1 Å². The van der Waals surface area contributed by atoms with Crippen molar-refractivity contribution in [2.45, 2.75) is 31.3 Å². The van der Waals surface area contributed by atoms with Crippen molar-refractivity contribution in [1.82, 2.24) is 9.55 Å². The molecule has 0 unspecified atom stereocenters. The van der Waals surface area contributed by atoms with E-state index in [1.807, 2.05) is 60.0 Å². The maximum atomic E-state index is 13.9. The van der Waals surface area contributed by atoms with E-state index >= 15 is 0 Å². The quantitative estimate of drug-likeness (QED) is 0.130. The Hall–Kier alpha value is -3.55. The second kappa shape index (κ2) is 10.1. The standard InChI is InChI=1S/C30H25FN2O2S2/c1-30(2,3)21-13-9-20(10-14-21)25(34)18-37-29-32-27-26(28(35)33(29)23-7-5-4-6-8-23)24(17-36-27)19-11-15-22(31)16-12-19/h4-17H,18H2,1-3H3. The zero-order chi connectivity index (χ0) is 26.2. The number of fused-ring (bicyclic) bond motifs is 1. The highest BCUT2D eigenvalue weighted by Crippen LogP contribution is 2.33. The van der Waals surface area contributed by atoms with Crippen molar-refractivity contribution >= 4 is 39.1 Å². The van der Waals surface area contributed by atoms with E-state index in [2.05, 4.69) is 20.8 Å². The SMILES string of the molecule is CC(C)(C)c1ccc(C(=O)CSc2nc3scc(-c4ccc(F)cc4)c3c(=O)n2-c2ccccc2)cc1. The number of halogens is 1. The third-order valence-corrected chi connectivity index (χ3v) is 7.96. The Bertz CT molecular complexity index is 1630. The van der Waals surface area contributed by atoms with Gasteiger partial charge in [0.1, 0.15) is 10.6 Å². The predicted octanol–water partition coefficient (Wildman–Crippen LogP) is 7.53. The van der Waals surface area contributed by atoms with Crippen molar-refractivity contribution in [3.8, 4) is 16.8 Å². The minimum Gasteiger partial charge on any atom is -0.293 e. The Balaban J connectivity index is 1.53. The molecule has 0 saturated heterocycles. The van der Waals surface area contributed by atoms with E-state index in [1.54, 1.807) is 16.7 Å². The molecule has 37 heavy (non-hydrogen) atoms. The summed E-state index contributed by atoms with van der Waals surface area (Å²) < 4.78 is 15.1. The van der Waals surface area contributed by atoms with Gasteiger partial charge < -0.3 is 0 Å². The van der Waals surface area contributed by atoms with Gasteiger partial charge in [0.25, 0.3) is 5.56 Å². The van der Waals surface area contributed by atoms with Gasteiger partial charge in [0.2, 0.25) is 0 Å². The maximum Gasteiger partial charge on any atom is 0.268 e. The van der Waals surface area contributed by atoms with Crippen LogP contribution in [0.4, 0.5) is 4.39 Å². The largest absolute Gasteiger partial charge is 0.293 e. The van der Waals surface area contributed by atoms with Gasteiger partial charge in [-0.15, -0.1) is 11.3 Å². The molecule has 2 heterocycles. The molecule has 0 radical (unpaired) electrons. The smallest absolute Gasteiger partial charge is 0.268 e. The van der Waals surface area contributed by atoms with Crippen LogP contribution in [0.15, 0.2) is 94.2 Å². The van der Waals surface area contributed by atoms with Crippen LogP contribution in [0.3, 0.4) is 0 Å². The van der Waals surface area contributed by atoms with Gasteiger partial charge in [-0.05, 0) is 40.8 Å². The number of hydrogen-bond donors (Lipinski definition) is 0. The van der Waals surface area contributed by atoms with Gasteiger partial charge in [0.05, 0.1) is 16.8 Å². The number of thiophene rings is 1. The van der Waals surface area contributed by atoms with E-state index < -0.39 is 0 Å². The van der Waals surface area contributed by atoms with Crippen molar-refractivity contribution in [2.75, 3.05) is 5.75 Å². The molecule has 0 aliphatic carbocycles. The molecule has 0 fully saturated rings. The first kappa shape index (κ1) is 25.1. The summed E-state index contributed by atoms with van der Waals surface area (Å²) in [6.07, 6.45) is 0. The highest BCUT2D eigenvalue weighted by molar-refractivity contribution is 7.99. The number of carbonyl (C=O) groups is 1. The summed E-state index contributed by atoms with van der Waals surface area (Å²) in [6, 6.07) is 23.1. The van der Waals surface area contributed by atoms with E-state index in [0.717, 1.165) is 11.1 Å². The first-order chi connectivity index (χ1) is 17.7. The second-order valence-corrected chi connectivity index (χ2v) is 11.5. The first-order valence-electron chi connectivity index (χ1n) is 11.8. The van der Waals surface area contributed by atoms with Gasteiger partial charge in [-0.3, -0.25) is 14.2 Å². The van der Waals surface area contributed by atoms with Crippen LogP contribution in [0.5, 0.6) is 0 Å². The number of para-hydroxylation sites is 1. The fraction of sp³-hybridized carbons (Fsp3) is 0.167. The Morgan fingerprint density at radius 2 is 1.65 bits per heavy atom. The summed E-state index contributed by atoms with van der Waals surface area (Å²) >= 11 is 2.61. The molecule has 7 heteroatoms. The molecule has 0 saturated carbocycles. The lowest BCUT2D eigenvalue weighted by Gasteiger charge is -2.19. The Labute approximate surface area is 222 Å². The van der Waals surface area contributed by atoms with Crippen molar-refractivity contribution in [2.24, 2.45) is 0 Å². The lowest BCUT2D eigenvalue weighted by atomic mass is 9.86. The first-order valence-corrected chi connectivity index (χ1v) is 13.7. The molecule has 2 aromatic heterocycles. The third kappa shape index (κ3) is 5.15. The van der Waals surface area contributed by atoms with Crippen LogP contribution in [0.2, 0.25) is 0 Å². The van der Waals surface area contributed by atoms with Crippen molar-refractivity contribution in [3.05, 3.63) is 112 Å². The summed E-state index contributed by atoms with van der Waals surface area (Å²) in [6.45, 7) is 6.41. The Morgan fingerprint density at radius 3 is 2.30 bits per heavy atom. The van der Waals surface area contributed by atoms with Crippen LogP contribution >= 0.6 is 23.1 Å². The average molecular weight is 529 g/mol. The van der Waals surface area contributed by atoms with Gasteiger partial charge in [-0.2, -0.15) is 0 Å². The summed E-state index contributed by atoms with van der Waals surface area (Å²) in [5.74, 6) is -0.215. The maximum absolute atomic E-state index is 13.9. The predicted molar refractivity (Wildman–Crippen MR) is 151 cm³/mol. The minimum absolute atomic E-state index is 0.00881. The van der Waals surface area contributed by atoms with Gasteiger partial charge >= 0.3 is 0 Å². The zero-order valence-electron chi connectivity index (χ0n) is 20.7. The van der Waals surface area contributed by atoms with E-state index in [-0.39, 0.29) is 28.3 Å². The van der Waals surface area contributed by atoms with Crippen LogP contribution in [0, 0.1) is 5.82 Å². The number of ketones is 1. The molecule has 0 bridgehead atoms. The van der Waals surface area contributed by atoms with Crippen molar-refractivity contribution in [1.29, 1.82) is 0 Å². The number of carbonyl (C=O) groups excluding carboxylic acids is 1. The monoisotopic (exact) mass is 528 g/mol. The number of hydrogen-bond acceptors (Lipinski definition) is 5. The molecule has 5 aromatic rings. The number of rotatable bonds is 6. The lowest BCUT2D eigenvalue weighted by molar-refractivity contribution is 0.102. The summed E-state index contributed by atoms with van der Waals surface area (Å²) in [4.78, 5) is 32.3. The van der Waals surface area contributed by atoms with E-state index in [1.165, 1.54) is 35.2 Å². The van der Waals surface area contributed by atoms with E-state index in [0.29, 0.717) is 32.2 Å².